The highest BCUT2D eigenvalue weighted by Gasteiger charge is 2.22. The number of aromatic nitrogens is 5. The molecule has 4 rings (SSSR count). The van der Waals surface area contributed by atoms with Gasteiger partial charge >= 0.3 is 0 Å². The molecule has 1 N–H and O–H groups in total. The van der Waals surface area contributed by atoms with Gasteiger partial charge in [-0.2, -0.15) is 0 Å². The third-order valence-electron chi connectivity index (χ3n) is 5.15. The van der Waals surface area contributed by atoms with Gasteiger partial charge in [-0.1, -0.05) is 42.3 Å². The van der Waals surface area contributed by atoms with Crippen molar-refractivity contribution in [2.24, 2.45) is 0 Å². The van der Waals surface area contributed by atoms with Crippen LogP contribution in [0, 0.1) is 20.8 Å². The number of rotatable bonds is 6. The van der Waals surface area contributed by atoms with Gasteiger partial charge in [0, 0.05) is 10.9 Å². The fraction of sp³-hybridized carbons (Fsp3) is 0.450. The van der Waals surface area contributed by atoms with E-state index >= 15 is 0 Å². The van der Waals surface area contributed by atoms with Gasteiger partial charge in [0.15, 0.2) is 5.13 Å². The maximum atomic E-state index is 12.4. The minimum atomic E-state index is -0.103. The van der Waals surface area contributed by atoms with Crippen molar-refractivity contribution in [3.05, 3.63) is 34.2 Å². The van der Waals surface area contributed by atoms with Crippen LogP contribution in [0.25, 0.3) is 11.3 Å². The summed E-state index contributed by atoms with van der Waals surface area (Å²) in [5.74, 6) is 0.152. The topological polar surface area (TPSA) is 85.6 Å². The number of hydrogen-bond acceptors (Lipinski definition) is 7. The molecule has 0 radical (unpaired) electrons. The standard InChI is InChI=1S/C20H24N6OS2/c1-12-8-13(2)18(14(3)9-12)16-10-28-19(21-16)22-17(27)11-29-20-23-24-25-26(20)15-6-4-5-7-15/h8-10,15H,4-7,11H2,1-3H3,(H,21,22,27). The van der Waals surface area contributed by atoms with Crippen LogP contribution in [0.2, 0.25) is 0 Å². The second-order valence-electron chi connectivity index (χ2n) is 7.49. The summed E-state index contributed by atoms with van der Waals surface area (Å²) in [5, 5.41) is 18.2. The number of aryl methyl sites for hydroxylation is 3. The molecule has 3 aromatic rings. The molecular weight excluding hydrogens is 404 g/mol. The molecule has 0 unspecified atom stereocenters. The van der Waals surface area contributed by atoms with Crippen LogP contribution in [0.5, 0.6) is 0 Å². The molecule has 2 heterocycles. The number of carbonyl (C=O) groups is 1. The van der Waals surface area contributed by atoms with E-state index in [-0.39, 0.29) is 11.7 Å². The molecule has 1 aliphatic carbocycles. The Morgan fingerprint density at radius 1 is 1.24 bits per heavy atom. The van der Waals surface area contributed by atoms with Crippen LogP contribution < -0.4 is 5.32 Å². The Hall–Kier alpha value is -2.26. The number of thiazole rings is 1. The Morgan fingerprint density at radius 2 is 1.97 bits per heavy atom. The number of nitrogens with one attached hydrogen (secondary N) is 1. The molecule has 152 valence electrons. The lowest BCUT2D eigenvalue weighted by Crippen LogP contribution is -2.15. The Kier molecular flexibility index (Phi) is 5.96. The minimum absolute atomic E-state index is 0.103. The highest BCUT2D eigenvalue weighted by atomic mass is 32.2. The molecule has 0 spiro atoms. The quantitative estimate of drug-likeness (QED) is 0.579. The van der Waals surface area contributed by atoms with Gasteiger partial charge in [-0.15, -0.1) is 16.4 Å². The SMILES string of the molecule is Cc1cc(C)c(-c2csc(NC(=O)CSc3nnnn3C3CCCC3)n2)c(C)c1. The maximum Gasteiger partial charge on any atom is 0.236 e. The van der Waals surface area contributed by atoms with Gasteiger partial charge < -0.3 is 5.32 Å². The summed E-state index contributed by atoms with van der Waals surface area (Å²) in [5.41, 5.74) is 5.67. The molecule has 0 bridgehead atoms. The molecule has 29 heavy (non-hydrogen) atoms. The Balaban J connectivity index is 1.39. The smallest absolute Gasteiger partial charge is 0.236 e. The van der Waals surface area contributed by atoms with E-state index in [9.17, 15) is 4.79 Å². The highest BCUT2D eigenvalue weighted by Crippen LogP contribution is 2.32. The van der Waals surface area contributed by atoms with Crippen LogP contribution in [0.1, 0.15) is 48.4 Å². The largest absolute Gasteiger partial charge is 0.301 e. The molecule has 9 heteroatoms. The fourth-order valence-electron chi connectivity index (χ4n) is 3.97. The zero-order chi connectivity index (χ0) is 20.4. The number of tetrazole rings is 1. The Bertz CT molecular complexity index is 999. The first-order chi connectivity index (χ1) is 14.0. The summed E-state index contributed by atoms with van der Waals surface area (Å²) >= 11 is 2.81. The minimum Gasteiger partial charge on any atom is -0.301 e. The monoisotopic (exact) mass is 428 g/mol. The van der Waals surface area contributed by atoms with Gasteiger partial charge in [0.05, 0.1) is 17.5 Å². The lowest BCUT2D eigenvalue weighted by Gasteiger charge is -2.10. The van der Waals surface area contributed by atoms with Crippen molar-refractivity contribution in [1.82, 2.24) is 25.2 Å². The van der Waals surface area contributed by atoms with Gasteiger partial charge in [-0.25, -0.2) is 9.67 Å². The number of carbonyl (C=O) groups excluding carboxylic acids is 1. The molecule has 1 aliphatic rings. The van der Waals surface area contributed by atoms with E-state index in [1.807, 2.05) is 10.1 Å². The summed E-state index contributed by atoms with van der Waals surface area (Å²) in [4.78, 5) is 17.1. The fourth-order valence-corrected chi connectivity index (χ4v) is 5.44. The van der Waals surface area contributed by atoms with Crippen molar-refractivity contribution >= 4 is 34.1 Å². The predicted octanol–water partition coefficient (Wildman–Crippen LogP) is 4.57. The van der Waals surface area contributed by atoms with Gasteiger partial charge in [-0.3, -0.25) is 4.79 Å². The van der Waals surface area contributed by atoms with Crippen LogP contribution in [-0.4, -0.2) is 36.9 Å². The molecular formula is C20H24N6OS2. The summed E-state index contributed by atoms with van der Waals surface area (Å²) < 4.78 is 1.87. The molecule has 1 aromatic carbocycles. The third-order valence-corrected chi connectivity index (χ3v) is 6.84. The second-order valence-corrected chi connectivity index (χ2v) is 9.29. The van der Waals surface area contributed by atoms with E-state index in [0.717, 1.165) is 24.1 Å². The van der Waals surface area contributed by atoms with Crippen molar-refractivity contribution in [2.75, 3.05) is 11.1 Å². The molecule has 1 fully saturated rings. The number of benzene rings is 1. The Morgan fingerprint density at radius 3 is 2.69 bits per heavy atom. The van der Waals surface area contributed by atoms with Crippen LogP contribution in [-0.2, 0) is 4.79 Å². The van der Waals surface area contributed by atoms with Crippen molar-refractivity contribution in [1.29, 1.82) is 0 Å². The summed E-state index contributed by atoms with van der Waals surface area (Å²) in [7, 11) is 0. The molecule has 2 aromatic heterocycles. The summed E-state index contributed by atoms with van der Waals surface area (Å²) in [6.45, 7) is 6.29. The third kappa shape index (κ3) is 4.51. The number of amides is 1. The number of thioether (sulfide) groups is 1. The first-order valence-electron chi connectivity index (χ1n) is 9.75. The van der Waals surface area contributed by atoms with E-state index in [1.54, 1.807) is 0 Å². The van der Waals surface area contributed by atoms with Crippen molar-refractivity contribution < 1.29 is 4.79 Å². The van der Waals surface area contributed by atoms with E-state index in [0.29, 0.717) is 16.3 Å². The van der Waals surface area contributed by atoms with E-state index in [2.05, 4.69) is 58.7 Å². The predicted molar refractivity (Wildman–Crippen MR) is 116 cm³/mol. The van der Waals surface area contributed by atoms with Gasteiger partial charge in [-0.05, 0) is 55.2 Å². The van der Waals surface area contributed by atoms with Crippen LogP contribution in [0.3, 0.4) is 0 Å². The van der Waals surface area contributed by atoms with Gasteiger partial charge in [0.25, 0.3) is 0 Å². The first kappa shape index (κ1) is 20.0. The molecule has 0 saturated heterocycles. The van der Waals surface area contributed by atoms with E-state index < -0.39 is 0 Å². The van der Waals surface area contributed by atoms with Crippen molar-refractivity contribution in [3.63, 3.8) is 0 Å². The first-order valence-corrected chi connectivity index (χ1v) is 11.6. The second kappa shape index (κ2) is 8.62. The maximum absolute atomic E-state index is 12.4. The van der Waals surface area contributed by atoms with Crippen LogP contribution in [0.4, 0.5) is 5.13 Å². The average Bonchev–Trinajstić information content (AvgIpc) is 3.41. The Labute approximate surface area is 178 Å². The number of hydrogen-bond donors (Lipinski definition) is 1. The van der Waals surface area contributed by atoms with Gasteiger partial charge in [0.2, 0.25) is 11.1 Å². The molecule has 7 nitrogen and oxygen atoms in total. The summed E-state index contributed by atoms with van der Waals surface area (Å²) in [6.07, 6.45) is 4.62. The molecule has 0 aliphatic heterocycles. The number of nitrogens with zero attached hydrogens (tertiary/aromatic N) is 5. The lowest BCUT2D eigenvalue weighted by atomic mass is 9.98. The van der Waals surface area contributed by atoms with E-state index in [4.69, 9.17) is 0 Å². The average molecular weight is 429 g/mol. The summed E-state index contributed by atoms with van der Waals surface area (Å²) in [6, 6.07) is 4.68. The zero-order valence-electron chi connectivity index (χ0n) is 16.8. The normalized spacial score (nSPS) is 14.4. The number of anilines is 1. The lowest BCUT2D eigenvalue weighted by molar-refractivity contribution is -0.113. The van der Waals surface area contributed by atoms with Crippen LogP contribution >= 0.6 is 23.1 Å². The van der Waals surface area contributed by atoms with Crippen molar-refractivity contribution in [2.45, 2.75) is 57.7 Å². The molecule has 1 saturated carbocycles. The van der Waals surface area contributed by atoms with Crippen molar-refractivity contribution in [3.8, 4) is 11.3 Å². The van der Waals surface area contributed by atoms with E-state index in [1.165, 1.54) is 52.6 Å². The van der Waals surface area contributed by atoms with Crippen LogP contribution in [0.15, 0.2) is 22.7 Å². The van der Waals surface area contributed by atoms with Gasteiger partial charge in [0.1, 0.15) is 0 Å². The molecule has 1 amide bonds. The molecule has 0 atom stereocenters. The zero-order valence-corrected chi connectivity index (χ0v) is 18.4. The highest BCUT2D eigenvalue weighted by molar-refractivity contribution is 7.99.